The Bertz CT molecular complexity index is 609. The van der Waals surface area contributed by atoms with Crippen LogP contribution in [-0.2, 0) is 6.42 Å². The van der Waals surface area contributed by atoms with Crippen LogP contribution in [0.4, 0.5) is 5.82 Å². The van der Waals surface area contributed by atoms with Crippen LogP contribution in [0.1, 0.15) is 17.2 Å². The van der Waals surface area contributed by atoms with Gasteiger partial charge in [-0.3, -0.25) is 5.84 Å². The zero-order chi connectivity index (χ0) is 14.1. The van der Waals surface area contributed by atoms with E-state index in [0.29, 0.717) is 10.8 Å². The van der Waals surface area contributed by atoms with Gasteiger partial charge in [-0.25, -0.2) is 10.4 Å². The second-order valence-corrected chi connectivity index (χ2v) is 5.18. The monoisotopic (exact) mass is 290 g/mol. The molecule has 0 fully saturated rings. The Morgan fingerprint density at radius 2 is 2.20 bits per heavy atom. The first-order chi connectivity index (χ1) is 9.69. The van der Waals surface area contributed by atoms with Gasteiger partial charge in [0.25, 0.3) is 0 Å². The van der Waals surface area contributed by atoms with E-state index in [9.17, 15) is 0 Å². The van der Waals surface area contributed by atoms with Crippen LogP contribution in [0, 0.1) is 0 Å². The Morgan fingerprint density at radius 1 is 1.40 bits per heavy atom. The third kappa shape index (κ3) is 2.31. The number of fused-ring (bicyclic) bond motifs is 1. The molecule has 20 heavy (non-hydrogen) atoms. The summed E-state index contributed by atoms with van der Waals surface area (Å²) in [6.45, 7) is 0. The number of hydrogen-bond donors (Lipinski definition) is 3. The summed E-state index contributed by atoms with van der Waals surface area (Å²) < 4.78 is 5.94. The van der Waals surface area contributed by atoms with Gasteiger partial charge >= 0.3 is 0 Å². The highest BCUT2D eigenvalue weighted by Gasteiger charge is 2.32. The van der Waals surface area contributed by atoms with Crippen molar-refractivity contribution >= 4 is 17.4 Å². The molecule has 3 rings (SSSR count). The molecule has 5 N–H and O–H groups in total. The van der Waals surface area contributed by atoms with Gasteiger partial charge in [-0.05, 0) is 17.7 Å². The molecule has 1 aliphatic rings. The molecule has 0 amide bonds. The minimum absolute atomic E-state index is 0.139. The van der Waals surface area contributed by atoms with E-state index in [2.05, 4.69) is 10.4 Å². The number of aromatic nitrogens is 1. The molecule has 2 aromatic rings. The number of ether oxygens (including phenoxy) is 1. The van der Waals surface area contributed by atoms with Crippen molar-refractivity contribution in [2.75, 3.05) is 5.73 Å². The summed E-state index contributed by atoms with van der Waals surface area (Å²) in [6, 6.07) is 9.42. The molecule has 0 saturated carbocycles. The van der Waals surface area contributed by atoms with E-state index in [1.807, 2.05) is 24.3 Å². The number of anilines is 1. The molecule has 0 saturated heterocycles. The van der Waals surface area contributed by atoms with Crippen molar-refractivity contribution in [3.63, 3.8) is 0 Å². The van der Waals surface area contributed by atoms with E-state index in [1.165, 1.54) is 6.20 Å². The number of benzene rings is 1. The summed E-state index contributed by atoms with van der Waals surface area (Å²) in [5.41, 5.74) is 10.6. The van der Waals surface area contributed by atoms with Gasteiger partial charge in [-0.2, -0.15) is 0 Å². The van der Waals surface area contributed by atoms with Crippen LogP contribution >= 0.6 is 11.6 Å². The fourth-order valence-electron chi connectivity index (χ4n) is 2.51. The van der Waals surface area contributed by atoms with E-state index in [0.717, 1.165) is 23.3 Å². The number of rotatable bonds is 3. The summed E-state index contributed by atoms with van der Waals surface area (Å²) >= 11 is 5.99. The average Bonchev–Trinajstić information content (AvgIpc) is 2.87. The summed E-state index contributed by atoms with van der Waals surface area (Å²) in [5, 5.41) is 0.518. The van der Waals surface area contributed by atoms with Crippen molar-refractivity contribution in [3.8, 4) is 5.75 Å². The second-order valence-electron chi connectivity index (χ2n) is 4.74. The van der Waals surface area contributed by atoms with Crippen LogP contribution in [0.3, 0.4) is 0 Å². The van der Waals surface area contributed by atoms with Crippen LogP contribution in [0.5, 0.6) is 5.75 Å². The van der Waals surface area contributed by atoms with Crippen molar-refractivity contribution in [2.24, 2.45) is 5.84 Å². The molecule has 0 aliphatic carbocycles. The van der Waals surface area contributed by atoms with Crippen LogP contribution < -0.4 is 21.7 Å². The molecule has 2 unspecified atom stereocenters. The SMILES string of the molecule is NNC(c1cc(Cl)cnc1N)C1Cc2ccccc2O1. The van der Waals surface area contributed by atoms with E-state index >= 15 is 0 Å². The van der Waals surface area contributed by atoms with Crippen molar-refractivity contribution in [3.05, 3.63) is 52.7 Å². The van der Waals surface area contributed by atoms with Crippen LogP contribution in [0.15, 0.2) is 36.5 Å². The Balaban J connectivity index is 1.91. The lowest BCUT2D eigenvalue weighted by molar-refractivity contribution is 0.179. The van der Waals surface area contributed by atoms with E-state index in [1.54, 1.807) is 6.07 Å². The normalized spacial score (nSPS) is 18.4. The fourth-order valence-corrected chi connectivity index (χ4v) is 2.67. The molecule has 5 nitrogen and oxygen atoms in total. The smallest absolute Gasteiger partial charge is 0.128 e. The molecule has 2 heterocycles. The first kappa shape index (κ1) is 13.2. The highest BCUT2D eigenvalue weighted by molar-refractivity contribution is 6.30. The molecular formula is C14H15ClN4O. The van der Waals surface area contributed by atoms with Gasteiger partial charge in [-0.15, -0.1) is 0 Å². The number of hydrogen-bond acceptors (Lipinski definition) is 5. The largest absolute Gasteiger partial charge is 0.488 e. The topological polar surface area (TPSA) is 86.2 Å². The Labute approximate surface area is 121 Å². The molecule has 6 heteroatoms. The minimum atomic E-state index is -0.270. The standard InChI is InChI=1S/C14H15ClN4O/c15-9-6-10(14(16)18-7-9)13(19-17)12-5-8-3-1-2-4-11(8)20-12/h1-4,6-7,12-13,19H,5,17H2,(H2,16,18). The third-order valence-corrected chi connectivity index (χ3v) is 3.68. The number of nitrogens with two attached hydrogens (primary N) is 2. The molecule has 0 spiro atoms. The number of hydrazine groups is 1. The van der Waals surface area contributed by atoms with E-state index in [4.69, 9.17) is 27.9 Å². The van der Waals surface area contributed by atoms with Crippen molar-refractivity contribution in [1.29, 1.82) is 0 Å². The maximum atomic E-state index is 5.99. The molecular weight excluding hydrogens is 276 g/mol. The zero-order valence-corrected chi connectivity index (χ0v) is 11.5. The highest BCUT2D eigenvalue weighted by Crippen LogP contribution is 2.35. The van der Waals surface area contributed by atoms with Gasteiger partial charge in [0.1, 0.15) is 17.7 Å². The first-order valence-electron chi connectivity index (χ1n) is 6.30. The lowest BCUT2D eigenvalue weighted by Gasteiger charge is -2.23. The molecule has 1 aliphatic heterocycles. The second kappa shape index (κ2) is 5.28. The Kier molecular flexibility index (Phi) is 3.48. The summed E-state index contributed by atoms with van der Waals surface area (Å²) in [4.78, 5) is 4.06. The molecule has 1 aromatic carbocycles. The first-order valence-corrected chi connectivity index (χ1v) is 6.68. The van der Waals surface area contributed by atoms with Gasteiger partial charge in [-0.1, -0.05) is 29.8 Å². The number of nitrogen functional groups attached to an aromatic ring is 1. The summed E-state index contributed by atoms with van der Waals surface area (Å²) in [6.07, 6.45) is 2.13. The minimum Gasteiger partial charge on any atom is -0.488 e. The number of para-hydroxylation sites is 1. The lowest BCUT2D eigenvalue weighted by atomic mass is 9.99. The van der Waals surface area contributed by atoms with E-state index < -0.39 is 0 Å². The van der Waals surface area contributed by atoms with E-state index in [-0.39, 0.29) is 12.1 Å². The third-order valence-electron chi connectivity index (χ3n) is 3.47. The number of halogens is 1. The molecule has 2 atom stereocenters. The fraction of sp³-hybridized carbons (Fsp3) is 0.214. The van der Waals surface area contributed by atoms with Gasteiger partial charge in [0.2, 0.25) is 0 Å². The Hall–Kier alpha value is -1.82. The summed E-state index contributed by atoms with van der Waals surface area (Å²) in [5.74, 6) is 6.96. The predicted octanol–water partition coefficient (Wildman–Crippen LogP) is 1.83. The van der Waals surface area contributed by atoms with Gasteiger partial charge < -0.3 is 10.5 Å². The number of nitrogens with one attached hydrogen (secondary N) is 1. The average molecular weight is 291 g/mol. The van der Waals surface area contributed by atoms with Gasteiger partial charge in [0, 0.05) is 18.2 Å². The molecule has 0 radical (unpaired) electrons. The summed E-state index contributed by atoms with van der Waals surface area (Å²) in [7, 11) is 0. The van der Waals surface area contributed by atoms with Crippen molar-refractivity contribution in [2.45, 2.75) is 18.6 Å². The van der Waals surface area contributed by atoms with Crippen LogP contribution in [0.2, 0.25) is 5.02 Å². The van der Waals surface area contributed by atoms with Gasteiger partial charge in [0.05, 0.1) is 11.1 Å². The van der Waals surface area contributed by atoms with Gasteiger partial charge in [0.15, 0.2) is 0 Å². The molecule has 104 valence electrons. The quantitative estimate of drug-likeness (QED) is 0.593. The molecule has 1 aromatic heterocycles. The number of nitrogens with zero attached hydrogens (tertiary/aromatic N) is 1. The number of pyridine rings is 1. The van der Waals surface area contributed by atoms with Crippen molar-refractivity contribution < 1.29 is 4.74 Å². The molecule has 0 bridgehead atoms. The lowest BCUT2D eigenvalue weighted by Crippen LogP contribution is -2.39. The maximum absolute atomic E-state index is 5.99. The van der Waals surface area contributed by atoms with Crippen molar-refractivity contribution in [1.82, 2.24) is 10.4 Å². The zero-order valence-electron chi connectivity index (χ0n) is 10.7. The van der Waals surface area contributed by atoms with Crippen LogP contribution in [0.25, 0.3) is 0 Å². The Morgan fingerprint density at radius 3 is 2.95 bits per heavy atom. The highest BCUT2D eigenvalue weighted by atomic mass is 35.5. The predicted molar refractivity (Wildman–Crippen MR) is 78.3 cm³/mol. The maximum Gasteiger partial charge on any atom is 0.128 e. The van der Waals surface area contributed by atoms with Crippen LogP contribution in [-0.4, -0.2) is 11.1 Å².